The molecule has 0 amide bonds. The summed E-state index contributed by atoms with van der Waals surface area (Å²) in [5, 5.41) is 0. The topological polar surface area (TPSA) is 35.5 Å². The van der Waals surface area contributed by atoms with Crippen molar-refractivity contribution in [1.82, 2.24) is 0 Å². The largest absolute Gasteiger partial charge is 0.496 e. The number of ether oxygens (including phenoxy) is 2. The van der Waals surface area contributed by atoms with Crippen LogP contribution in [-0.4, -0.2) is 20.2 Å². The van der Waals surface area contributed by atoms with E-state index >= 15 is 0 Å². The highest BCUT2D eigenvalue weighted by atomic mass is 19.1. The van der Waals surface area contributed by atoms with Crippen molar-refractivity contribution < 1.29 is 18.7 Å². The summed E-state index contributed by atoms with van der Waals surface area (Å²) in [5.41, 5.74) is 0.667. The SMILES string of the molecule is COC(=O)c1cc(F)cc(C)c1OC. The normalized spacial score (nSPS) is 9.71. The number of esters is 1. The lowest BCUT2D eigenvalue weighted by molar-refractivity contribution is 0.0596. The molecule has 3 nitrogen and oxygen atoms in total. The molecule has 4 heteroatoms. The first-order valence-electron chi connectivity index (χ1n) is 4.02. The quantitative estimate of drug-likeness (QED) is 0.681. The van der Waals surface area contributed by atoms with Crippen LogP contribution in [0, 0.1) is 12.7 Å². The lowest BCUT2D eigenvalue weighted by Gasteiger charge is -2.09. The molecule has 0 atom stereocenters. The van der Waals surface area contributed by atoms with Gasteiger partial charge in [0.05, 0.1) is 14.2 Å². The molecule has 0 radical (unpaired) electrons. The number of methoxy groups -OCH3 is 2. The fraction of sp³-hybridized carbons (Fsp3) is 0.300. The van der Waals surface area contributed by atoms with Crippen molar-refractivity contribution in [3.05, 3.63) is 29.1 Å². The Morgan fingerprint density at radius 3 is 2.50 bits per heavy atom. The van der Waals surface area contributed by atoms with Gasteiger partial charge in [-0.3, -0.25) is 0 Å². The molecule has 0 N–H and O–H groups in total. The van der Waals surface area contributed by atoms with Crippen molar-refractivity contribution >= 4 is 5.97 Å². The third-order valence-corrected chi connectivity index (χ3v) is 1.85. The van der Waals surface area contributed by atoms with E-state index in [-0.39, 0.29) is 5.56 Å². The molecule has 1 aromatic carbocycles. The van der Waals surface area contributed by atoms with Crippen LogP contribution in [-0.2, 0) is 4.74 Å². The van der Waals surface area contributed by atoms with Crippen LogP contribution in [0.1, 0.15) is 15.9 Å². The summed E-state index contributed by atoms with van der Waals surface area (Å²) in [5.74, 6) is -0.744. The zero-order valence-corrected chi connectivity index (χ0v) is 8.26. The molecule has 0 spiro atoms. The zero-order valence-electron chi connectivity index (χ0n) is 8.26. The average molecular weight is 198 g/mol. The van der Waals surface area contributed by atoms with Gasteiger partial charge in [0.1, 0.15) is 17.1 Å². The molecule has 0 saturated carbocycles. The van der Waals surface area contributed by atoms with Crippen LogP contribution in [0.15, 0.2) is 12.1 Å². The fourth-order valence-corrected chi connectivity index (χ4v) is 1.26. The standard InChI is InChI=1S/C10H11FO3/c1-6-4-7(11)5-8(9(6)13-2)10(12)14-3/h4-5H,1-3H3. The Labute approximate surface area is 81.4 Å². The number of aryl methyl sites for hydroxylation is 1. The molecule has 0 aliphatic heterocycles. The highest BCUT2D eigenvalue weighted by Crippen LogP contribution is 2.25. The second kappa shape index (κ2) is 4.09. The van der Waals surface area contributed by atoms with E-state index in [1.807, 2.05) is 0 Å². The van der Waals surface area contributed by atoms with Crippen LogP contribution in [0.3, 0.4) is 0 Å². The van der Waals surface area contributed by atoms with Gasteiger partial charge in [-0.25, -0.2) is 9.18 Å². The number of hydrogen-bond donors (Lipinski definition) is 0. The first-order valence-corrected chi connectivity index (χ1v) is 4.02. The maximum Gasteiger partial charge on any atom is 0.341 e. The molecule has 0 heterocycles. The third kappa shape index (κ3) is 1.84. The predicted molar refractivity (Wildman–Crippen MR) is 49.0 cm³/mol. The van der Waals surface area contributed by atoms with Gasteiger partial charge in [0, 0.05) is 0 Å². The van der Waals surface area contributed by atoms with Crippen LogP contribution in [0.2, 0.25) is 0 Å². The van der Waals surface area contributed by atoms with E-state index in [1.165, 1.54) is 20.3 Å². The zero-order chi connectivity index (χ0) is 10.7. The number of halogens is 1. The summed E-state index contributed by atoms with van der Waals surface area (Å²) in [4.78, 5) is 11.2. The molecule has 0 fully saturated rings. The summed E-state index contributed by atoms with van der Waals surface area (Å²) >= 11 is 0. The summed E-state index contributed by atoms with van der Waals surface area (Å²) in [6, 6.07) is 2.39. The van der Waals surface area contributed by atoms with E-state index in [4.69, 9.17) is 4.74 Å². The molecule has 0 aromatic heterocycles. The van der Waals surface area contributed by atoms with Crippen molar-refractivity contribution in [1.29, 1.82) is 0 Å². The van der Waals surface area contributed by atoms with Gasteiger partial charge in [-0.05, 0) is 24.6 Å². The molecular formula is C10H11FO3. The third-order valence-electron chi connectivity index (χ3n) is 1.85. The van der Waals surface area contributed by atoms with E-state index < -0.39 is 11.8 Å². The van der Waals surface area contributed by atoms with E-state index in [9.17, 15) is 9.18 Å². The summed E-state index contributed by atoms with van der Waals surface area (Å²) < 4.78 is 22.5. The van der Waals surface area contributed by atoms with E-state index in [2.05, 4.69) is 4.74 Å². The van der Waals surface area contributed by atoms with Crippen LogP contribution in [0.4, 0.5) is 4.39 Å². The van der Waals surface area contributed by atoms with Crippen molar-refractivity contribution in [3.8, 4) is 5.75 Å². The molecule has 14 heavy (non-hydrogen) atoms. The van der Waals surface area contributed by atoms with Gasteiger partial charge in [-0.1, -0.05) is 0 Å². The molecule has 76 valence electrons. The van der Waals surface area contributed by atoms with Crippen molar-refractivity contribution in [2.24, 2.45) is 0 Å². The Morgan fingerprint density at radius 1 is 1.36 bits per heavy atom. The van der Waals surface area contributed by atoms with Gasteiger partial charge >= 0.3 is 5.97 Å². The van der Waals surface area contributed by atoms with Crippen LogP contribution in [0.25, 0.3) is 0 Å². The molecule has 0 saturated heterocycles. The molecule has 0 bridgehead atoms. The van der Waals surface area contributed by atoms with Crippen LogP contribution < -0.4 is 4.74 Å². The Balaban J connectivity index is 3.32. The number of hydrogen-bond acceptors (Lipinski definition) is 3. The van der Waals surface area contributed by atoms with Gasteiger partial charge in [-0.15, -0.1) is 0 Å². The maximum atomic E-state index is 13.0. The Hall–Kier alpha value is -1.58. The average Bonchev–Trinajstić information content (AvgIpc) is 2.15. The Bertz CT molecular complexity index is 361. The first kappa shape index (κ1) is 10.5. The number of rotatable bonds is 2. The van der Waals surface area contributed by atoms with Crippen LogP contribution in [0.5, 0.6) is 5.75 Å². The highest BCUT2D eigenvalue weighted by Gasteiger charge is 2.16. The predicted octanol–water partition coefficient (Wildman–Crippen LogP) is 1.93. The van der Waals surface area contributed by atoms with Crippen molar-refractivity contribution in [3.63, 3.8) is 0 Å². The lowest BCUT2D eigenvalue weighted by atomic mass is 10.1. The molecule has 0 aliphatic carbocycles. The Kier molecular flexibility index (Phi) is 3.06. The van der Waals surface area contributed by atoms with E-state index in [0.717, 1.165) is 6.07 Å². The second-order valence-electron chi connectivity index (χ2n) is 2.80. The van der Waals surface area contributed by atoms with Crippen molar-refractivity contribution in [2.45, 2.75) is 6.92 Å². The molecule has 0 unspecified atom stereocenters. The number of benzene rings is 1. The fourth-order valence-electron chi connectivity index (χ4n) is 1.26. The monoisotopic (exact) mass is 198 g/mol. The minimum Gasteiger partial charge on any atom is -0.496 e. The molecule has 1 rings (SSSR count). The minimum atomic E-state index is -0.607. The first-order chi connectivity index (χ1) is 6.60. The molecular weight excluding hydrogens is 187 g/mol. The summed E-state index contributed by atoms with van der Waals surface area (Å²) in [7, 11) is 2.66. The van der Waals surface area contributed by atoms with Crippen molar-refractivity contribution in [2.75, 3.05) is 14.2 Å². The molecule has 1 aromatic rings. The summed E-state index contributed by atoms with van der Waals surface area (Å²) in [6.07, 6.45) is 0. The van der Waals surface area contributed by atoms with Gasteiger partial charge in [0.25, 0.3) is 0 Å². The molecule has 0 aliphatic rings. The number of carbonyl (C=O) groups excluding carboxylic acids is 1. The van der Waals surface area contributed by atoms with Gasteiger partial charge in [0.2, 0.25) is 0 Å². The van der Waals surface area contributed by atoms with Gasteiger partial charge in [0.15, 0.2) is 0 Å². The van der Waals surface area contributed by atoms with Gasteiger partial charge < -0.3 is 9.47 Å². The maximum absolute atomic E-state index is 13.0. The second-order valence-corrected chi connectivity index (χ2v) is 2.80. The smallest absolute Gasteiger partial charge is 0.341 e. The Morgan fingerprint density at radius 2 is 2.00 bits per heavy atom. The number of carbonyl (C=O) groups is 1. The summed E-state index contributed by atoms with van der Waals surface area (Å²) in [6.45, 7) is 1.66. The minimum absolute atomic E-state index is 0.104. The van der Waals surface area contributed by atoms with Gasteiger partial charge in [-0.2, -0.15) is 0 Å². The van der Waals surface area contributed by atoms with E-state index in [1.54, 1.807) is 6.92 Å². The van der Waals surface area contributed by atoms with Crippen LogP contribution >= 0.6 is 0 Å². The van der Waals surface area contributed by atoms with E-state index in [0.29, 0.717) is 11.3 Å². The highest BCUT2D eigenvalue weighted by molar-refractivity contribution is 5.92. The lowest BCUT2D eigenvalue weighted by Crippen LogP contribution is -2.06.